The Hall–Kier alpha value is -0.640. The van der Waals surface area contributed by atoms with Crippen molar-refractivity contribution in [1.82, 2.24) is 0 Å². The van der Waals surface area contributed by atoms with Crippen LogP contribution in [-0.4, -0.2) is 25.8 Å². The summed E-state index contributed by atoms with van der Waals surface area (Å²) in [6.45, 7) is 5.87. The van der Waals surface area contributed by atoms with Crippen LogP contribution in [0.5, 0.6) is 0 Å². The third-order valence-electron chi connectivity index (χ3n) is 1.30. The van der Waals surface area contributed by atoms with E-state index in [1.807, 2.05) is 0 Å². The lowest BCUT2D eigenvalue weighted by atomic mass is 10.6. The number of rotatable bonds is 7. The highest BCUT2D eigenvalue weighted by Gasteiger charge is 2.19. The molecule has 0 aliphatic carbocycles. The monoisotopic (exact) mass is 236 g/mol. The van der Waals surface area contributed by atoms with E-state index in [-0.39, 0.29) is 19.8 Å². The van der Waals surface area contributed by atoms with Gasteiger partial charge < -0.3 is 13.8 Å². The predicted octanol–water partition coefficient (Wildman–Crippen LogP) is 2.33. The lowest BCUT2D eigenvalue weighted by Gasteiger charge is -2.12. The summed E-state index contributed by atoms with van der Waals surface area (Å²) < 4.78 is 26.3. The van der Waals surface area contributed by atoms with E-state index in [0.29, 0.717) is 0 Å². The number of hydrogen-bond acceptors (Lipinski definition) is 5. The molecule has 0 radical (unpaired) electrons. The predicted molar refractivity (Wildman–Crippen MR) is 56.6 cm³/mol. The van der Waals surface area contributed by atoms with Crippen molar-refractivity contribution in [2.45, 2.75) is 20.8 Å². The lowest BCUT2D eigenvalue weighted by molar-refractivity contribution is -0.137. The number of carbonyl (C=O) groups excluding carboxylic acids is 1. The van der Waals surface area contributed by atoms with Crippen LogP contribution in [0.3, 0.4) is 0 Å². The molecule has 0 aromatic rings. The van der Waals surface area contributed by atoms with Crippen molar-refractivity contribution in [3.05, 3.63) is 11.9 Å². The molecule has 0 heterocycles. The molecule has 88 valence electrons. The summed E-state index contributed by atoms with van der Waals surface area (Å²) in [6, 6.07) is 0. The molecule has 0 spiro atoms. The quantitative estimate of drug-likeness (QED) is 0.385. The molecular formula is C9H17O5P. The van der Waals surface area contributed by atoms with Gasteiger partial charge in [0.05, 0.1) is 19.8 Å². The van der Waals surface area contributed by atoms with E-state index in [4.69, 9.17) is 9.05 Å². The smallest absolute Gasteiger partial charge is 0.354 e. The molecule has 6 heteroatoms. The van der Waals surface area contributed by atoms with E-state index < -0.39 is 13.6 Å². The van der Waals surface area contributed by atoms with Crippen LogP contribution in [0.4, 0.5) is 0 Å². The molecule has 15 heavy (non-hydrogen) atoms. The molecule has 0 aliphatic rings. The van der Waals surface area contributed by atoms with Crippen molar-refractivity contribution in [3.63, 3.8) is 0 Å². The van der Waals surface area contributed by atoms with Crippen molar-refractivity contribution < 1.29 is 23.1 Å². The zero-order valence-electron chi connectivity index (χ0n) is 9.26. The molecule has 5 nitrogen and oxygen atoms in total. The van der Waals surface area contributed by atoms with E-state index in [0.717, 1.165) is 11.9 Å². The Kier molecular flexibility index (Phi) is 7.30. The normalized spacial score (nSPS) is 11.9. The Bertz CT molecular complexity index is 251. The van der Waals surface area contributed by atoms with Crippen LogP contribution < -0.4 is 0 Å². The van der Waals surface area contributed by atoms with Crippen LogP contribution in [0.1, 0.15) is 20.8 Å². The third-order valence-corrected chi connectivity index (χ3v) is 3.05. The van der Waals surface area contributed by atoms with Crippen molar-refractivity contribution in [2.75, 3.05) is 19.8 Å². The van der Waals surface area contributed by atoms with Crippen molar-refractivity contribution >= 4 is 13.6 Å². The van der Waals surface area contributed by atoms with Crippen LogP contribution in [0, 0.1) is 0 Å². The van der Waals surface area contributed by atoms with E-state index in [1.54, 1.807) is 20.8 Å². The van der Waals surface area contributed by atoms with Gasteiger partial charge in [0.1, 0.15) is 0 Å². The minimum atomic E-state index is -3.28. The van der Waals surface area contributed by atoms with Gasteiger partial charge in [-0.2, -0.15) is 0 Å². The first-order valence-corrected chi connectivity index (χ1v) is 6.44. The molecule has 0 aliphatic heterocycles. The van der Waals surface area contributed by atoms with Crippen LogP contribution in [0.15, 0.2) is 11.9 Å². The van der Waals surface area contributed by atoms with Gasteiger partial charge in [0.15, 0.2) is 0 Å². The zero-order chi connectivity index (χ0) is 11.7. The Morgan fingerprint density at radius 1 is 1.13 bits per heavy atom. The van der Waals surface area contributed by atoms with E-state index in [2.05, 4.69) is 4.74 Å². The van der Waals surface area contributed by atoms with Crippen molar-refractivity contribution in [1.29, 1.82) is 0 Å². The van der Waals surface area contributed by atoms with E-state index in [1.165, 1.54) is 0 Å². The zero-order valence-corrected chi connectivity index (χ0v) is 10.2. The molecule has 0 aromatic carbocycles. The van der Waals surface area contributed by atoms with Gasteiger partial charge in [-0.1, -0.05) is 0 Å². The first-order chi connectivity index (χ1) is 7.08. The molecule has 0 aromatic heterocycles. The van der Waals surface area contributed by atoms with E-state index in [9.17, 15) is 9.36 Å². The highest BCUT2D eigenvalue weighted by Crippen LogP contribution is 2.49. The molecule has 0 fully saturated rings. The van der Waals surface area contributed by atoms with Crippen molar-refractivity contribution in [2.24, 2.45) is 0 Å². The summed E-state index contributed by atoms with van der Waals surface area (Å²) in [6.07, 6.45) is 1.07. The number of hydrogen-bond donors (Lipinski definition) is 0. The minimum absolute atomic E-state index is 0.254. The molecule has 0 bridgehead atoms. The standard InChI is InChI=1S/C9H17O5P/c1-4-12-9(10)7-8-15(11,13-5-2)14-6-3/h7-8H,4-6H2,1-3H3/b8-7-. The summed E-state index contributed by atoms with van der Waals surface area (Å²) >= 11 is 0. The van der Waals surface area contributed by atoms with Crippen LogP contribution in [0.2, 0.25) is 0 Å². The molecule has 0 atom stereocenters. The van der Waals surface area contributed by atoms with E-state index >= 15 is 0 Å². The third kappa shape index (κ3) is 6.44. The fourth-order valence-electron chi connectivity index (χ4n) is 0.826. The Morgan fingerprint density at radius 3 is 2.07 bits per heavy atom. The molecule has 0 unspecified atom stereocenters. The number of esters is 1. The second-order valence-electron chi connectivity index (χ2n) is 2.44. The number of carbonyl (C=O) groups is 1. The average Bonchev–Trinajstić information content (AvgIpc) is 2.16. The van der Waals surface area contributed by atoms with Gasteiger partial charge in [-0.25, -0.2) is 4.79 Å². The summed E-state index contributed by atoms with van der Waals surface area (Å²) in [5.74, 6) is 0.565. The molecular weight excluding hydrogens is 219 g/mol. The minimum Gasteiger partial charge on any atom is -0.463 e. The lowest BCUT2D eigenvalue weighted by Crippen LogP contribution is -2.00. The first-order valence-electron chi connectivity index (χ1n) is 4.82. The van der Waals surface area contributed by atoms with Gasteiger partial charge in [0.2, 0.25) is 0 Å². The first kappa shape index (κ1) is 14.4. The fraction of sp³-hybridized carbons (Fsp3) is 0.667. The van der Waals surface area contributed by atoms with Gasteiger partial charge in [0, 0.05) is 11.9 Å². The maximum Gasteiger partial charge on any atom is 0.354 e. The van der Waals surface area contributed by atoms with Crippen LogP contribution in [-0.2, 0) is 23.1 Å². The summed E-state index contributed by atoms with van der Waals surface area (Å²) in [4.78, 5) is 11.0. The van der Waals surface area contributed by atoms with Gasteiger partial charge in [0.25, 0.3) is 0 Å². The highest BCUT2D eigenvalue weighted by molar-refractivity contribution is 7.57. The SMILES string of the molecule is CCOC(=O)/C=C\P(=O)(OCC)OCC. The average molecular weight is 236 g/mol. The van der Waals surface area contributed by atoms with Gasteiger partial charge in [-0.15, -0.1) is 0 Å². The Morgan fingerprint density at radius 2 is 1.67 bits per heavy atom. The molecule has 0 saturated carbocycles. The molecule has 0 N–H and O–H groups in total. The van der Waals surface area contributed by atoms with Crippen LogP contribution >= 0.6 is 7.60 Å². The van der Waals surface area contributed by atoms with Gasteiger partial charge in [-0.05, 0) is 20.8 Å². The second kappa shape index (κ2) is 7.63. The van der Waals surface area contributed by atoms with Gasteiger partial charge >= 0.3 is 13.6 Å². The van der Waals surface area contributed by atoms with Crippen LogP contribution in [0.25, 0.3) is 0 Å². The maximum atomic E-state index is 11.8. The summed E-state index contributed by atoms with van der Waals surface area (Å²) in [7, 11) is -3.28. The molecule has 0 rings (SSSR count). The Labute approximate surface area is 89.9 Å². The molecule has 0 amide bonds. The maximum absolute atomic E-state index is 11.8. The largest absolute Gasteiger partial charge is 0.463 e. The fourth-order valence-corrected chi connectivity index (χ4v) is 2.10. The second-order valence-corrected chi connectivity index (χ2v) is 4.34. The van der Waals surface area contributed by atoms with Gasteiger partial charge in [-0.3, -0.25) is 4.57 Å². The topological polar surface area (TPSA) is 61.8 Å². The van der Waals surface area contributed by atoms with Crippen molar-refractivity contribution in [3.8, 4) is 0 Å². The number of ether oxygens (including phenoxy) is 1. The summed E-state index contributed by atoms with van der Waals surface area (Å²) in [5.41, 5.74) is 0. The Balaban J connectivity index is 4.39. The highest BCUT2D eigenvalue weighted by atomic mass is 31.2. The molecule has 0 saturated heterocycles. The summed E-state index contributed by atoms with van der Waals surface area (Å²) in [5, 5.41) is 0.